The van der Waals surface area contributed by atoms with Crippen LogP contribution in [0.2, 0.25) is 0 Å². The number of carbonyl (C=O) groups excluding carboxylic acids is 2. The number of hydrogen-bond donors (Lipinski definition) is 0. The van der Waals surface area contributed by atoms with Gasteiger partial charge in [-0.3, -0.25) is 9.59 Å². The van der Waals surface area contributed by atoms with Crippen molar-refractivity contribution >= 4 is 11.8 Å². The van der Waals surface area contributed by atoms with E-state index in [2.05, 4.69) is 6.92 Å². The van der Waals surface area contributed by atoms with Gasteiger partial charge in [-0.15, -0.1) is 0 Å². The van der Waals surface area contributed by atoms with Gasteiger partial charge in [0.15, 0.2) is 0 Å². The van der Waals surface area contributed by atoms with Crippen LogP contribution in [-0.2, 0) is 14.3 Å². The van der Waals surface area contributed by atoms with E-state index >= 15 is 0 Å². The molecule has 0 aromatic carbocycles. The summed E-state index contributed by atoms with van der Waals surface area (Å²) in [7, 11) is 1.74. The van der Waals surface area contributed by atoms with Crippen LogP contribution in [0, 0.1) is 5.92 Å². The highest BCUT2D eigenvalue weighted by atomic mass is 16.5. The second kappa shape index (κ2) is 5.49. The Balaban J connectivity index is 1.86. The Labute approximate surface area is 114 Å². The number of ether oxygens (including phenoxy) is 1. The molecule has 2 heterocycles. The average molecular weight is 268 g/mol. The highest BCUT2D eigenvalue weighted by molar-refractivity contribution is 5.83. The van der Waals surface area contributed by atoms with Crippen molar-refractivity contribution in [3.05, 3.63) is 0 Å². The minimum absolute atomic E-state index is 0.0100. The lowest BCUT2D eigenvalue weighted by molar-refractivity contribution is -0.147. The number of carbonyl (C=O) groups is 2. The Morgan fingerprint density at radius 2 is 1.84 bits per heavy atom. The predicted molar refractivity (Wildman–Crippen MR) is 71.6 cm³/mol. The van der Waals surface area contributed by atoms with Gasteiger partial charge in [-0.25, -0.2) is 0 Å². The zero-order valence-electron chi connectivity index (χ0n) is 12.1. The van der Waals surface area contributed by atoms with E-state index in [9.17, 15) is 9.59 Å². The van der Waals surface area contributed by atoms with E-state index in [-0.39, 0.29) is 23.3 Å². The average Bonchev–Trinajstić information content (AvgIpc) is 2.49. The van der Waals surface area contributed by atoms with Gasteiger partial charge in [-0.05, 0) is 26.2 Å². The number of rotatable bonds is 2. The molecule has 0 bridgehead atoms. The van der Waals surface area contributed by atoms with Crippen molar-refractivity contribution in [1.82, 2.24) is 9.80 Å². The van der Waals surface area contributed by atoms with Gasteiger partial charge in [0.1, 0.15) is 0 Å². The summed E-state index contributed by atoms with van der Waals surface area (Å²) in [6.07, 6.45) is 2.87. The molecule has 0 aromatic rings. The van der Waals surface area contributed by atoms with Crippen molar-refractivity contribution in [2.45, 2.75) is 38.7 Å². The zero-order chi connectivity index (χ0) is 14.0. The van der Waals surface area contributed by atoms with Crippen molar-refractivity contribution < 1.29 is 14.3 Å². The van der Waals surface area contributed by atoms with E-state index in [0.29, 0.717) is 13.1 Å². The third kappa shape index (κ3) is 3.08. The number of methoxy groups -OCH3 is 1. The molecule has 2 aliphatic rings. The first-order valence-corrected chi connectivity index (χ1v) is 7.05. The molecule has 0 aliphatic carbocycles. The van der Waals surface area contributed by atoms with Crippen molar-refractivity contribution in [2.75, 3.05) is 33.3 Å². The van der Waals surface area contributed by atoms with Crippen molar-refractivity contribution in [3.63, 3.8) is 0 Å². The molecule has 2 saturated heterocycles. The number of nitrogens with zero attached hydrogens (tertiary/aromatic N) is 2. The molecular formula is C14H24N2O3. The van der Waals surface area contributed by atoms with E-state index < -0.39 is 0 Å². The molecule has 19 heavy (non-hydrogen) atoms. The maximum Gasteiger partial charge on any atom is 0.229 e. The van der Waals surface area contributed by atoms with Gasteiger partial charge < -0.3 is 14.5 Å². The van der Waals surface area contributed by atoms with Gasteiger partial charge in [0.2, 0.25) is 11.8 Å². The fourth-order valence-electron chi connectivity index (χ4n) is 2.83. The minimum atomic E-state index is -0.0972. The molecule has 5 nitrogen and oxygen atoms in total. The largest absolute Gasteiger partial charge is 0.378 e. The van der Waals surface area contributed by atoms with Crippen LogP contribution in [-0.4, -0.2) is 60.5 Å². The fourth-order valence-corrected chi connectivity index (χ4v) is 2.83. The van der Waals surface area contributed by atoms with Gasteiger partial charge in [0.05, 0.1) is 11.5 Å². The smallest absolute Gasteiger partial charge is 0.229 e. The Morgan fingerprint density at radius 3 is 2.42 bits per heavy atom. The van der Waals surface area contributed by atoms with Gasteiger partial charge in [-0.1, -0.05) is 0 Å². The van der Waals surface area contributed by atoms with Crippen LogP contribution in [0.15, 0.2) is 0 Å². The molecule has 2 fully saturated rings. The molecule has 0 N–H and O–H groups in total. The third-order valence-electron chi connectivity index (χ3n) is 4.52. The molecule has 2 aliphatic heterocycles. The highest BCUT2D eigenvalue weighted by Crippen LogP contribution is 2.27. The molecular weight excluding hydrogens is 244 g/mol. The summed E-state index contributed by atoms with van der Waals surface area (Å²) in [5.74, 6) is 0.278. The molecule has 0 saturated carbocycles. The Bertz CT molecular complexity index is 366. The maximum absolute atomic E-state index is 12.3. The Hall–Kier alpha value is -1.10. The Kier molecular flexibility index (Phi) is 4.13. The van der Waals surface area contributed by atoms with E-state index in [1.54, 1.807) is 18.9 Å². The fraction of sp³-hybridized carbons (Fsp3) is 0.857. The minimum Gasteiger partial charge on any atom is -0.378 e. The maximum atomic E-state index is 12.3. The predicted octanol–water partition coefficient (Wildman–Crippen LogP) is 0.882. The van der Waals surface area contributed by atoms with Gasteiger partial charge >= 0.3 is 0 Å². The molecule has 0 spiro atoms. The summed E-state index contributed by atoms with van der Waals surface area (Å²) in [4.78, 5) is 27.2. The molecule has 2 rings (SSSR count). The van der Waals surface area contributed by atoms with E-state index in [0.717, 1.165) is 32.4 Å². The van der Waals surface area contributed by atoms with Crippen molar-refractivity contribution in [2.24, 2.45) is 5.92 Å². The van der Waals surface area contributed by atoms with Crippen LogP contribution in [0.3, 0.4) is 0 Å². The first-order valence-electron chi connectivity index (χ1n) is 7.05. The van der Waals surface area contributed by atoms with Crippen LogP contribution >= 0.6 is 0 Å². The lowest BCUT2D eigenvalue weighted by atomic mass is 9.97. The quantitative estimate of drug-likeness (QED) is 0.747. The summed E-state index contributed by atoms with van der Waals surface area (Å²) in [5.41, 5.74) is -0.0972. The van der Waals surface area contributed by atoms with Crippen LogP contribution in [0.1, 0.15) is 33.1 Å². The molecule has 108 valence electrons. The summed E-state index contributed by atoms with van der Waals surface area (Å²) in [6.45, 7) is 6.42. The van der Waals surface area contributed by atoms with Gasteiger partial charge in [-0.2, -0.15) is 0 Å². The number of likely N-dealkylation sites (tertiary alicyclic amines) is 2. The van der Waals surface area contributed by atoms with E-state index in [1.165, 1.54) is 0 Å². The lowest BCUT2D eigenvalue weighted by Crippen LogP contribution is -2.56. The molecule has 5 heteroatoms. The first kappa shape index (κ1) is 14.3. The summed E-state index contributed by atoms with van der Waals surface area (Å²) >= 11 is 0. The second-order valence-corrected chi connectivity index (χ2v) is 5.95. The topological polar surface area (TPSA) is 49.9 Å². The SMILES string of the molecule is CO[C@@]1(C)CCCN(C(=O)C2CN(C(C)=O)C2)CC1. The standard InChI is InChI=1S/C14H24N2O3/c1-11(17)16-9-12(10-16)13(18)15-7-4-5-14(2,19-3)6-8-15/h12H,4-10H2,1-3H3/t14-/m0/s1. The molecule has 0 radical (unpaired) electrons. The summed E-state index contributed by atoms with van der Waals surface area (Å²) in [6, 6.07) is 0. The van der Waals surface area contributed by atoms with Crippen LogP contribution in [0.5, 0.6) is 0 Å². The van der Waals surface area contributed by atoms with E-state index in [1.807, 2.05) is 4.90 Å². The third-order valence-corrected chi connectivity index (χ3v) is 4.52. The molecule has 0 aromatic heterocycles. The monoisotopic (exact) mass is 268 g/mol. The number of amides is 2. The van der Waals surface area contributed by atoms with Crippen LogP contribution in [0.4, 0.5) is 0 Å². The molecule has 1 atom stereocenters. The molecule has 0 unspecified atom stereocenters. The molecule has 2 amide bonds. The van der Waals surface area contributed by atoms with Crippen LogP contribution in [0.25, 0.3) is 0 Å². The van der Waals surface area contributed by atoms with Gasteiger partial charge in [0, 0.05) is 40.2 Å². The van der Waals surface area contributed by atoms with Crippen LogP contribution < -0.4 is 0 Å². The number of hydrogen-bond acceptors (Lipinski definition) is 3. The van der Waals surface area contributed by atoms with Crippen molar-refractivity contribution in [3.8, 4) is 0 Å². The van der Waals surface area contributed by atoms with E-state index in [4.69, 9.17) is 4.74 Å². The lowest BCUT2D eigenvalue weighted by Gasteiger charge is -2.40. The second-order valence-electron chi connectivity index (χ2n) is 5.95. The normalized spacial score (nSPS) is 28.8. The Morgan fingerprint density at radius 1 is 1.16 bits per heavy atom. The summed E-state index contributed by atoms with van der Waals surface area (Å²) in [5, 5.41) is 0. The van der Waals surface area contributed by atoms with Crippen molar-refractivity contribution in [1.29, 1.82) is 0 Å². The van der Waals surface area contributed by atoms with Gasteiger partial charge in [0.25, 0.3) is 0 Å². The summed E-state index contributed by atoms with van der Waals surface area (Å²) < 4.78 is 5.55. The first-order chi connectivity index (χ1) is 8.95. The zero-order valence-corrected chi connectivity index (χ0v) is 12.1. The highest BCUT2D eigenvalue weighted by Gasteiger charge is 2.38.